The van der Waals surface area contributed by atoms with E-state index in [1.54, 1.807) is 7.11 Å². The fraction of sp³-hybridized carbons (Fsp3) is 0.538. The summed E-state index contributed by atoms with van der Waals surface area (Å²) in [5.74, 6) is 2.78. The van der Waals surface area contributed by atoms with E-state index in [1.165, 1.54) is 0 Å². The van der Waals surface area contributed by atoms with E-state index in [0.717, 1.165) is 29.2 Å². The molecule has 0 bridgehead atoms. The van der Waals surface area contributed by atoms with E-state index in [-0.39, 0.29) is 6.10 Å². The van der Waals surface area contributed by atoms with Crippen molar-refractivity contribution in [1.82, 2.24) is 0 Å². The van der Waals surface area contributed by atoms with Crippen molar-refractivity contribution in [2.24, 2.45) is 0 Å². The van der Waals surface area contributed by atoms with Gasteiger partial charge in [0.25, 0.3) is 0 Å². The first-order valence-corrected chi connectivity index (χ1v) is 6.80. The first-order chi connectivity index (χ1) is 7.76. The van der Waals surface area contributed by atoms with Crippen molar-refractivity contribution in [2.45, 2.75) is 25.9 Å². The van der Waals surface area contributed by atoms with Gasteiger partial charge in [0.15, 0.2) is 0 Å². The predicted molar refractivity (Wildman–Crippen MR) is 70.3 cm³/mol. The molecule has 1 unspecified atom stereocenters. The van der Waals surface area contributed by atoms with Gasteiger partial charge in [-0.25, -0.2) is 0 Å². The van der Waals surface area contributed by atoms with Crippen LogP contribution in [0.25, 0.3) is 0 Å². The van der Waals surface area contributed by atoms with Gasteiger partial charge in [0.05, 0.1) is 13.2 Å². The van der Waals surface area contributed by atoms with Crippen LogP contribution >= 0.6 is 11.8 Å². The minimum Gasteiger partial charge on any atom is -0.497 e. The van der Waals surface area contributed by atoms with Crippen molar-refractivity contribution >= 4 is 11.8 Å². The van der Waals surface area contributed by atoms with Crippen molar-refractivity contribution in [3.05, 3.63) is 29.8 Å². The third-order valence-electron chi connectivity index (χ3n) is 2.26. The van der Waals surface area contributed by atoms with Gasteiger partial charge in [0.1, 0.15) is 5.75 Å². The Kier molecular flexibility index (Phi) is 6.34. The summed E-state index contributed by atoms with van der Waals surface area (Å²) in [4.78, 5) is 0. The Morgan fingerprint density at radius 2 is 2.25 bits per heavy atom. The number of benzene rings is 1. The van der Waals surface area contributed by atoms with Crippen molar-refractivity contribution in [3.8, 4) is 5.75 Å². The van der Waals surface area contributed by atoms with Gasteiger partial charge < -0.3 is 9.84 Å². The quantitative estimate of drug-likeness (QED) is 0.743. The average molecular weight is 240 g/mol. The third-order valence-corrected chi connectivity index (χ3v) is 3.58. The second-order valence-electron chi connectivity index (χ2n) is 3.78. The number of hydrogen-bond acceptors (Lipinski definition) is 3. The maximum atomic E-state index is 9.83. The number of aliphatic hydroxyl groups is 1. The van der Waals surface area contributed by atoms with Crippen molar-refractivity contribution < 1.29 is 9.84 Å². The highest BCUT2D eigenvalue weighted by Gasteiger charge is 2.06. The maximum absolute atomic E-state index is 9.83. The van der Waals surface area contributed by atoms with Crippen LogP contribution < -0.4 is 4.74 Å². The number of thioether (sulfide) groups is 1. The minimum absolute atomic E-state index is 0.261. The van der Waals surface area contributed by atoms with Gasteiger partial charge in [-0.1, -0.05) is 19.1 Å². The second-order valence-corrected chi connectivity index (χ2v) is 4.93. The van der Waals surface area contributed by atoms with E-state index in [2.05, 4.69) is 6.92 Å². The van der Waals surface area contributed by atoms with Gasteiger partial charge in [0.2, 0.25) is 0 Å². The van der Waals surface area contributed by atoms with Crippen LogP contribution in [-0.2, 0) is 6.42 Å². The Morgan fingerprint density at radius 1 is 1.44 bits per heavy atom. The molecule has 0 saturated heterocycles. The molecule has 0 saturated carbocycles. The molecule has 1 aromatic carbocycles. The van der Waals surface area contributed by atoms with Crippen LogP contribution in [0.4, 0.5) is 0 Å². The van der Waals surface area contributed by atoms with Crippen LogP contribution in [0, 0.1) is 0 Å². The number of ether oxygens (including phenoxy) is 1. The van der Waals surface area contributed by atoms with E-state index >= 15 is 0 Å². The normalized spacial score (nSPS) is 12.4. The molecule has 0 radical (unpaired) electrons. The molecule has 1 rings (SSSR count). The summed E-state index contributed by atoms with van der Waals surface area (Å²) in [6, 6.07) is 7.88. The molecule has 2 nitrogen and oxygen atoms in total. The van der Waals surface area contributed by atoms with Gasteiger partial charge in [0, 0.05) is 5.75 Å². The minimum atomic E-state index is -0.261. The summed E-state index contributed by atoms with van der Waals surface area (Å²) < 4.78 is 5.15. The topological polar surface area (TPSA) is 29.5 Å². The number of methoxy groups -OCH3 is 1. The highest BCUT2D eigenvalue weighted by atomic mass is 32.2. The molecule has 1 atom stereocenters. The Labute approximate surface area is 102 Å². The number of rotatable bonds is 7. The fourth-order valence-electron chi connectivity index (χ4n) is 1.49. The van der Waals surface area contributed by atoms with E-state index in [0.29, 0.717) is 6.42 Å². The monoisotopic (exact) mass is 240 g/mol. The maximum Gasteiger partial charge on any atom is 0.119 e. The Hall–Kier alpha value is -0.670. The largest absolute Gasteiger partial charge is 0.497 e. The van der Waals surface area contributed by atoms with Crippen LogP contribution in [0.2, 0.25) is 0 Å². The molecular formula is C13H20O2S. The van der Waals surface area contributed by atoms with E-state index in [4.69, 9.17) is 4.74 Å². The molecule has 0 aliphatic rings. The number of aliphatic hydroxyl groups excluding tert-OH is 1. The number of hydrogen-bond donors (Lipinski definition) is 1. The Morgan fingerprint density at radius 3 is 2.94 bits per heavy atom. The summed E-state index contributed by atoms with van der Waals surface area (Å²) >= 11 is 1.81. The van der Waals surface area contributed by atoms with Gasteiger partial charge in [-0.05, 0) is 36.3 Å². The zero-order valence-electron chi connectivity index (χ0n) is 9.98. The predicted octanol–water partition coefficient (Wildman–Crippen LogP) is 2.74. The molecular weight excluding hydrogens is 220 g/mol. The van der Waals surface area contributed by atoms with Gasteiger partial charge in [-0.3, -0.25) is 0 Å². The molecule has 0 spiro atoms. The molecule has 1 aromatic rings. The lowest BCUT2D eigenvalue weighted by Crippen LogP contribution is -2.13. The summed E-state index contributed by atoms with van der Waals surface area (Å²) in [5, 5.41) is 9.83. The smallest absolute Gasteiger partial charge is 0.119 e. The lowest BCUT2D eigenvalue weighted by Gasteiger charge is -2.10. The van der Waals surface area contributed by atoms with E-state index in [1.807, 2.05) is 36.0 Å². The van der Waals surface area contributed by atoms with E-state index < -0.39 is 0 Å². The highest BCUT2D eigenvalue weighted by Crippen LogP contribution is 2.15. The van der Waals surface area contributed by atoms with Crippen LogP contribution in [0.5, 0.6) is 5.75 Å². The lowest BCUT2D eigenvalue weighted by atomic mass is 10.1. The molecule has 90 valence electrons. The summed E-state index contributed by atoms with van der Waals surface area (Å²) in [7, 11) is 1.66. The van der Waals surface area contributed by atoms with Crippen LogP contribution in [0.15, 0.2) is 24.3 Å². The van der Waals surface area contributed by atoms with Crippen molar-refractivity contribution in [1.29, 1.82) is 0 Å². The first kappa shape index (κ1) is 13.4. The average Bonchev–Trinajstić information content (AvgIpc) is 2.29. The zero-order valence-corrected chi connectivity index (χ0v) is 10.8. The molecule has 0 aromatic heterocycles. The van der Waals surface area contributed by atoms with Crippen molar-refractivity contribution in [2.75, 3.05) is 18.6 Å². The SMILES string of the molecule is CCCSCC(O)Cc1cccc(OC)c1. The molecule has 0 amide bonds. The van der Waals surface area contributed by atoms with Crippen LogP contribution in [0.3, 0.4) is 0 Å². The first-order valence-electron chi connectivity index (χ1n) is 5.65. The standard InChI is InChI=1S/C13H20O2S/c1-3-7-16-10-12(14)8-11-5-4-6-13(9-11)15-2/h4-6,9,12,14H,3,7-8,10H2,1-2H3. The van der Waals surface area contributed by atoms with Crippen LogP contribution in [0.1, 0.15) is 18.9 Å². The molecule has 1 N–H and O–H groups in total. The Balaban J connectivity index is 2.39. The molecule has 0 fully saturated rings. The fourth-order valence-corrected chi connectivity index (χ4v) is 2.34. The van der Waals surface area contributed by atoms with Crippen LogP contribution in [-0.4, -0.2) is 29.8 Å². The van der Waals surface area contributed by atoms with E-state index in [9.17, 15) is 5.11 Å². The van der Waals surface area contributed by atoms with Gasteiger partial charge >= 0.3 is 0 Å². The van der Waals surface area contributed by atoms with Crippen molar-refractivity contribution in [3.63, 3.8) is 0 Å². The molecule has 0 aliphatic carbocycles. The van der Waals surface area contributed by atoms with Gasteiger partial charge in [-0.15, -0.1) is 0 Å². The zero-order chi connectivity index (χ0) is 11.8. The summed E-state index contributed by atoms with van der Waals surface area (Å²) in [6.07, 6.45) is 1.61. The molecule has 3 heteroatoms. The summed E-state index contributed by atoms with van der Waals surface area (Å²) in [6.45, 7) is 2.15. The Bertz CT molecular complexity index is 302. The molecule has 16 heavy (non-hydrogen) atoms. The molecule has 0 heterocycles. The second kappa shape index (κ2) is 7.58. The third kappa shape index (κ3) is 4.90. The lowest BCUT2D eigenvalue weighted by molar-refractivity contribution is 0.200. The van der Waals surface area contributed by atoms with Gasteiger partial charge in [-0.2, -0.15) is 11.8 Å². The summed E-state index contributed by atoms with van der Waals surface area (Å²) in [5.41, 5.74) is 1.13. The molecule has 0 aliphatic heterocycles. The highest BCUT2D eigenvalue weighted by molar-refractivity contribution is 7.99.